The van der Waals surface area contributed by atoms with E-state index in [4.69, 9.17) is 9.84 Å². The molecule has 4 rings (SSSR count). The first-order valence-corrected chi connectivity index (χ1v) is 9.99. The highest BCUT2D eigenvalue weighted by Crippen LogP contribution is 2.34. The lowest BCUT2D eigenvalue weighted by Crippen LogP contribution is -2.55. The van der Waals surface area contributed by atoms with Crippen molar-refractivity contribution in [3.05, 3.63) is 42.2 Å². The summed E-state index contributed by atoms with van der Waals surface area (Å²) in [5.74, 6) is -0.0149. The fourth-order valence-electron chi connectivity index (χ4n) is 3.78. The second kappa shape index (κ2) is 8.24. The number of carboxylic acid groups (broad SMARTS) is 1. The second-order valence-corrected chi connectivity index (χ2v) is 7.89. The van der Waals surface area contributed by atoms with Gasteiger partial charge in [0.1, 0.15) is 0 Å². The maximum Gasteiger partial charge on any atom is 0.317 e. The number of benzene rings is 1. The second-order valence-electron chi connectivity index (χ2n) is 7.89. The fourth-order valence-corrected chi connectivity index (χ4v) is 3.78. The maximum atomic E-state index is 12.7. The lowest BCUT2D eigenvalue weighted by atomic mass is 9.85. The van der Waals surface area contributed by atoms with Crippen LogP contribution in [0.3, 0.4) is 0 Å². The van der Waals surface area contributed by atoms with E-state index in [1.807, 2.05) is 35.2 Å². The first-order chi connectivity index (χ1) is 14.0. The van der Waals surface area contributed by atoms with Crippen LogP contribution in [0.15, 0.2) is 36.5 Å². The Balaban J connectivity index is 1.36. The third-order valence-electron chi connectivity index (χ3n) is 5.63. The normalized spacial score (nSPS) is 20.9. The van der Waals surface area contributed by atoms with Gasteiger partial charge in [-0.05, 0) is 43.7 Å². The minimum atomic E-state index is -0.797. The van der Waals surface area contributed by atoms with Crippen LogP contribution in [0.1, 0.15) is 36.2 Å². The predicted octanol–water partition coefficient (Wildman–Crippen LogP) is 1.94. The number of ether oxygens (including phenoxy) is 1. The van der Waals surface area contributed by atoms with Crippen molar-refractivity contribution in [1.29, 1.82) is 0 Å². The molecule has 1 aromatic heterocycles. The van der Waals surface area contributed by atoms with Crippen LogP contribution in [0.25, 0.3) is 5.69 Å². The number of aliphatic carboxylic acids is 1. The molecule has 0 aliphatic heterocycles. The van der Waals surface area contributed by atoms with E-state index in [0.29, 0.717) is 11.7 Å². The number of aromatic nitrogens is 2. The zero-order chi connectivity index (χ0) is 20.4. The molecule has 8 nitrogen and oxygen atoms in total. The van der Waals surface area contributed by atoms with Gasteiger partial charge in [-0.3, -0.25) is 14.5 Å². The highest BCUT2D eigenvalue weighted by molar-refractivity contribution is 5.95. The minimum absolute atomic E-state index is 0.0228. The molecule has 0 unspecified atom stereocenters. The number of carboxylic acids is 1. The molecule has 2 aliphatic carbocycles. The van der Waals surface area contributed by atoms with Crippen molar-refractivity contribution in [2.75, 3.05) is 20.2 Å². The van der Waals surface area contributed by atoms with Gasteiger partial charge in [-0.2, -0.15) is 5.10 Å². The maximum absolute atomic E-state index is 12.7. The zero-order valence-corrected chi connectivity index (χ0v) is 16.5. The smallest absolute Gasteiger partial charge is 0.317 e. The molecule has 2 fully saturated rings. The van der Waals surface area contributed by atoms with Crippen LogP contribution >= 0.6 is 0 Å². The van der Waals surface area contributed by atoms with Gasteiger partial charge >= 0.3 is 5.97 Å². The van der Waals surface area contributed by atoms with Gasteiger partial charge in [0.25, 0.3) is 5.91 Å². The highest BCUT2D eigenvalue weighted by Gasteiger charge is 2.38. The molecule has 1 heterocycles. The largest absolute Gasteiger partial charge is 0.493 e. The van der Waals surface area contributed by atoms with Crippen LogP contribution in [0.5, 0.6) is 5.75 Å². The van der Waals surface area contributed by atoms with Crippen LogP contribution in [0, 0.1) is 5.92 Å². The molecule has 154 valence electrons. The molecule has 0 spiro atoms. The summed E-state index contributed by atoms with van der Waals surface area (Å²) in [6.45, 7) is 0.907. The van der Waals surface area contributed by atoms with Crippen LogP contribution in [0.4, 0.5) is 0 Å². The van der Waals surface area contributed by atoms with Crippen LogP contribution in [-0.4, -0.2) is 63.9 Å². The van der Waals surface area contributed by atoms with Crippen molar-refractivity contribution in [3.8, 4) is 11.4 Å². The van der Waals surface area contributed by atoms with Crippen LogP contribution < -0.4 is 10.1 Å². The molecule has 0 radical (unpaired) electrons. The first-order valence-electron chi connectivity index (χ1n) is 9.99. The van der Waals surface area contributed by atoms with Crippen molar-refractivity contribution in [2.45, 2.75) is 37.8 Å². The zero-order valence-electron chi connectivity index (χ0n) is 16.5. The van der Waals surface area contributed by atoms with Crippen LogP contribution in [0.2, 0.25) is 0 Å². The Labute approximate surface area is 169 Å². The summed E-state index contributed by atoms with van der Waals surface area (Å²) < 4.78 is 6.96. The Bertz CT molecular complexity index is 872. The predicted molar refractivity (Wildman–Crippen MR) is 106 cm³/mol. The number of para-hydroxylation sites is 1. The van der Waals surface area contributed by atoms with Gasteiger partial charge in [-0.1, -0.05) is 18.2 Å². The molecule has 8 heteroatoms. The van der Waals surface area contributed by atoms with Gasteiger partial charge < -0.3 is 15.2 Å². The summed E-state index contributed by atoms with van der Waals surface area (Å²) >= 11 is 0. The molecular weight excluding hydrogens is 372 g/mol. The minimum Gasteiger partial charge on any atom is -0.493 e. The molecule has 1 aromatic carbocycles. The Morgan fingerprint density at radius 2 is 2.00 bits per heavy atom. The highest BCUT2D eigenvalue weighted by atomic mass is 16.5. The molecular formula is C21H26N4O4. The van der Waals surface area contributed by atoms with Crippen molar-refractivity contribution < 1.29 is 19.4 Å². The molecule has 0 bridgehead atoms. The number of amides is 1. The number of carbonyl (C=O) groups excluding carboxylic acids is 1. The number of rotatable bonds is 9. The third-order valence-corrected chi connectivity index (χ3v) is 5.63. The lowest BCUT2D eigenvalue weighted by Gasteiger charge is -2.42. The monoisotopic (exact) mass is 398 g/mol. The van der Waals surface area contributed by atoms with Crippen molar-refractivity contribution in [3.63, 3.8) is 0 Å². The molecule has 1 amide bonds. The quantitative estimate of drug-likeness (QED) is 0.670. The number of hydrogen-bond donors (Lipinski definition) is 2. The number of nitrogens with one attached hydrogen (secondary N) is 1. The van der Waals surface area contributed by atoms with E-state index in [1.165, 1.54) is 20.0 Å². The third kappa shape index (κ3) is 4.59. The molecule has 2 aromatic rings. The number of hydrogen-bond acceptors (Lipinski definition) is 5. The van der Waals surface area contributed by atoms with Gasteiger partial charge in [0.05, 0.1) is 25.5 Å². The number of carbonyl (C=O) groups is 2. The first kappa shape index (κ1) is 19.4. The van der Waals surface area contributed by atoms with Gasteiger partial charge in [0.2, 0.25) is 0 Å². The lowest BCUT2D eigenvalue weighted by molar-refractivity contribution is -0.139. The van der Waals surface area contributed by atoms with E-state index in [0.717, 1.165) is 25.1 Å². The molecule has 2 saturated carbocycles. The Hall–Kier alpha value is -2.87. The summed E-state index contributed by atoms with van der Waals surface area (Å²) in [5.41, 5.74) is 1.10. The van der Waals surface area contributed by atoms with Gasteiger partial charge in [-0.15, -0.1) is 0 Å². The van der Waals surface area contributed by atoms with E-state index < -0.39 is 5.97 Å². The summed E-state index contributed by atoms with van der Waals surface area (Å²) in [4.78, 5) is 25.9. The van der Waals surface area contributed by atoms with Gasteiger partial charge in [-0.25, -0.2) is 4.68 Å². The van der Waals surface area contributed by atoms with Crippen molar-refractivity contribution in [2.24, 2.45) is 5.92 Å². The van der Waals surface area contributed by atoms with Crippen molar-refractivity contribution in [1.82, 2.24) is 20.0 Å². The van der Waals surface area contributed by atoms with E-state index in [1.54, 1.807) is 10.9 Å². The Morgan fingerprint density at radius 1 is 1.28 bits per heavy atom. The SMILES string of the molecule is COc1cn(-c2ccccc2)nc1C(=O)NC1CC(N(CC(=O)O)CC2CC2)C1. The van der Waals surface area contributed by atoms with Gasteiger partial charge in [0.15, 0.2) is 11.4 Å². The van der Waals surface area contributed by atoms with Crippen molar-refractivity contribution >= 4 is 11.9 Å². The van der Waals surface area contributed by atoms with E-state index in [2.05, 4.69) is 10.4 Å². The summed E-state index contributed by atoms with van der Waals surface area (Å²) in [5, 5.41) is 16.6. The Morgan fingerprint density at radius 3 is 2.62 bits per heavy atom. The average molecular weight is 398 g/mol. The summed E-state index contributed by atoms with van der Waals surface area (Å²) in [6, 6.07) is 9.77. The molecule has 29 heavy (non-hydrogen) atoms. The number of methoxy groups -OCH3 is 1. The Kier molecular flexibility index (Phi) is 5.53. The van der Waals surface area contributed by atoms with Gasteiger partial charge in [0, 0.05) is 18.6 Å². The number of nitrogens with zero attached hydrogens (tertiary/aromatic N) is 3. The summed E-state index contributed by atoms with van der Waals surface area (Å²) in [7, 11) is 1.52. The summed E-state index contributed by atoms with van der Waals surface area (Å²) in [6.07, 6.45) is 5.58. The molecule has 0 atom stereocenters. The average Bonchev–Trinajstić information content (AvgIpc) is 3.38. The molecule has 2 N–H and O–H groups in total. The van der Waals surface area contributed by atoms with E-state index in [-0.39, 0.29) is 30.2 Å². The standard InChI is InChI=1S/C21H26N4O4/c1-29-18-12-25(16-5-3-2-4-6-16)23-20(18)21(28)22-15-9-17(10-15)24(13-19(26)27)11-14-7-8-14/h2-6,12,14-15,17H,7-11,13H2,1H3,(H,22,28)(H,26,27). The van der Waals surface area contributed by atoms with E-state index in [9.17, 15) is 9.59 Å². The topological polar surface area (TPSA) is 96.7 Å². The fraction of sp³-hybridized carbons (Fsp3) is 0.476. The van der Waals surface area contributed by atoms with Crippen LogP contribution in [-0.2, 0) is 4.79 Å². The molecule has 0 saturated heterocycles. The molecule has 2 aliphatic rings. The van der Waals surface area contributed by atoms with E-state index >= 15 is 0 Å².